The van der Waals surface area contributed by atoms with Crippen LogP contribution in [0.25, 0.3) is 0 Å². The highest BCUT2D eigenvalue weighted by molar-refractivity contribution is 5.70. The standard InChI is InChI=1S/C9H19NO4/c1-7(9(13)14)8(2)10(3-5-11)4-6-12/h7-8,11-12H,3-6H2,1-2H3,(H,13,14). The molecule has 0 bridgehead atoms. The van der Waals surface area contributed by atoms with E-state index in [0.29, 0.717) is 13.1 Å². The minimum absolute atomic E-state index is 0.0311. The number of aliphatic hydroxyl groups excluding tert-OH is 2. The number of carboxylic acids is 1. The molecular formula is C9H19NO4. The third-order valence-corrected chi connectivity index (χ3v) is 2.46. The summed E-state index contributed by atoms with van der Waals surface area (Å²) in [5.74, 6) is -1.37. The van der Waals surface area contributed by atoms with E-state index < -0.39 is 11.9 Å². The molecule has 0 amide bonds. The van der Waals surface area contributed by atoms with E-state index in [2.05, 4.69) is 0 Å². The van der Waals surface area contributed by atoms with Crippen LogP contribution in [-0.2, 0) is 4.79 Å². The summed E-state index contributed by atoms with van der Waals surface area (Å²) >= 11 is 0. The molecule has 5 nitrogen and oxygen atoms in total. The van der Waals surface area contributed by atoms with Gasteiger partial charge in [-0.2, -0.15) is 0 Å². The van der Waals surface area contributed by atoms with Crippen LogP contribution in [0.2, 0.25) is 0 Å². The first-order valence-electron chi connectivity index (χ1n) is 4.73. The number of nitrogens with zero attached hydrogens (tertiary/aromatic N) is 1. The number of aliphatic carboxylic acids is 1. The van der Waals surface area contributed by atoms with Gasteiger partial charge < -0.3 is 15.3 Å². The van der Waals surface area contributed by atoms with Crippen LogP contribution in [0.15, 0.2) is 0 Å². The highest BCUT2D eigenvalue weighted by Crippen LogP contribution is 2.10. The van der Waals surface area contributed by atoms with Crippen LogP contribution in [0.3, 0.4) is 0 Å². The first-order chi connectivity index (χ1) is 6.54. The van der Waals surface area contributed by atoms with Gasteiger partial charge in [0.15, 0.2) is 0 Å². The predicted octanol–water partition coefficient (Wildman–Crippen LogP) is -0.618. The van der Waals surface area contributed by atoms with E-state index in [1.807, 2.05) is 0 Å². The van der Waals surface area contributed by atoms with E-state index >= 15 is 0 Å². The molecule has 2 unspecified atom stereocenters. The minimum atomic E-state index is -0.863. The van der Waals surface area contributed by atoms with Crippen molar-refractivity contribution in [1.29, 1.82) is 0 Å². The zero-order valence-corrected chi connectivity index (χ0v) is 8.68. The Morgan fingerprint density at radius 1 is 1.21 bits per heavy atom. The van der Waals surface area contributed by atoms with Gasteiger partial charge in [-0.05, 0) is 6.92 Å². The molecule has 0 aliphatic carbocycles. The van der Waals surface area contributed by atoms with Crippen LogP contribution in [-0.4, -0.2) is 58.5 Å². The molecule has 0 aliphatic rings. The van der Waals surface area contributed by atoms with Crippen LogP contribution in [0, 0.1) is 5.92 Å². The molecule has 5 heteroatoms. The highest BCUT2D eigenvalue weighted by atomic mass is 16.4. The van der Waals surface area contributed by atoms with Crippen molar-refractivity contribution in [3.05, 3.63) is 0 Å². The molecule has 3 N–H and O–H groups in total. The van der Waals surface area contributed by atoms with E-state index in [1.165, 1.54) is 0 Å². The number of hydrogen-bond donors (Lipinski definition) is 3. The molecule has 0 saturated heterocycles. The average Bonchev–Trinajstić information content (AvgIpc) is 2.15. The summed E-state index contributed by atoms with van der Waals surface area (Å²) in [6.07, 6.45) is 0. The fourth-order valence-electron chi connectivity index (χ4n) is 1.30. The van der Waals surface area contributed by atoms with Crippen LogP contribution >= 0.6 is 0 Å². The lowest BCUT2D eigenvalue weighted by Crippen LogP contribution is -2.43. The van der Waals surface area contributed by atoms with Gasteiger partial charge in [0.2, 0.25) is 0 Å². The molecule has 14 heavy (non-hydrogen) atoms. The van der Waals surface area contributed by atoms with Crippen molar-refractivity contribution < 1.29 is 20.1 Å². The topological polar surface area (TPSA) is 81.0 Å². The van der Waals surface area contributed by atoms with Gasteiger partial charge in [0.1, 0.15) is 0 Å². The van der Waals surface area contributed by atoms with E-state index in [-0.39, 0.29) is 19.3 Å². The van der Waals surface area contributed by atoms with Crippen LogP contribution in [0.1, 0.15) is 13.8 Å². The molecule has 0 aromatic rings. The van der Waals surface area contributed by atoms with Gasteiger partial charge in [0, 0.05) is 19.1 Å². The van der Waals surface area contributed by atoms with E-state index in [9.17, 15) is 4.79 Å². The number of rotatable bonds is 7. The lowest BCUT2D eigenvalue weighted by Gasteiger charge is -2.30. The van der Waals surface area contributed by atoms with Gasteiger partial charge in [-0.3, -0.25) is 9.69 Å². The molecule has 2 atom stereocenters. The maximum absolute atomic E-state index is 10.7. The van der Waals surface area contributed by atoms with Crippen molar-refractivity contribution in [2.24, 2.45) is 5.92 Å². The number of aliphatic hydroxyl groups is 2. The summed E-state index contributed by atoms with van der Waals surface area (Å²) in [5, 5.41) is 26.3. The van der Waals surface area contributed by atoms with Crippen LogP contribution in [0.4, 0.5) is 0 Å². The Hall–Kier alpha value is -0.650. The molecule has 0 aliphatic heterocycles. The summed E-state index contributed by atoms with van der Waals surface area (Å²) in [4.78, 5) is 12.5. The molecule has 0 radical (unpaired) electrons. The molecule has 0 heterocycles. The maximum Gasteiger partial charge on any atom is 0.307 e. The van der Waals surface area contributed by atoms with E-state index in [4.69, 9.17) is 15.3 Å². The second-order valence-electron chi connectivity index (χ2n) is 3.35. The van der Waals surface area contributed by atoms with Crippen molar-refractivity contribution in [2.75, 3.05) is 26.3 Å². The predicted molar refractivity (Wildman–Crippen MR) is 52.0 cm³/mol. The van der Waals surface area contributed by atoms with Gasteiger partial charge in [0.25, 0.3) is 0 Å². The molecule has 0 rings (SSSR count). The Kier molecular flexibility index (Phi) is 6.44. The monoisotopic (exact) mass is 205 g/mol. The Labute approximate surface area is 84.0 Å². The number of carboxylic acid groups (broad SMARTS) is 1. The Bertz CT molecular complexity index is 168. The van der Waals surface area contributed by atoms with Gasteiger partial charge >= 0.3 is 5.97 Å². The minimum Gasteiger partial charge on any atom is -0.481 e. The Balaban J connectivity index is 4.25. The lowest BCUT2D eigenvalue weighted by molar-refractivity contribution is -0.143. The zero-order chi connectivity index (χ0) is 11.1. The summed E-state index contributed by atoms with van der Waals surface area (Å²) in [6, 6.07) is -0.188. The SMILES string of the molecule is CC(C(=O)O)C(C)N(CCO)CCO. The fraction of sp³-hybridized carbons (Fsp3) is 0.889. The third-order valence-electron chi connectivity index (χ3n) is 2.46. The van der Waals surface area contributed by atoms with Crippen molar-refractivity contribution in [1.82, 2.24) is 4.90 Å². The van der Waals surface area contributed by atoms with Gasteiger partial charge in [0.05, 0.1) is 19.1 Å². The van der Waals surface area contributed by atoms with E-state index in [1.54, 1.807) is 18.7 Å². The summed E-state index contributed by atoms with van der Waals surface area (Å²) < 4.78 is 0. The van der Waals surface area contributed by atoms with Crippen molar-refractivity contribution in [3.63, 3.8) is 0 Å². The quantitative estimate of drug-likeness (QED) is 0.516. The fourth-order valence-corrected chi connectivity index (χ4v) is 1.30. The maximum atomic E-state index is 10.7. The summed E-state index contributed by atoms with van der Waals surface area (Å²) in [6.45, 7) is 4.12. The molecule has 0 spiro atoms. The molecule has 0 fully saturated rings. The Morgan fingerprint density at radius 3 is 1.93 bits per heavy atom. The highest BCUT2D eigenvalue weighted by Gasteiger charge is 2.24. The molecule has 0 saturated carbocycles. The molecule has 0 aromatic heterocycles. The number of hydrogen-bond acceptors (Lipinski definition) is 4. The summed E-state index contributed by atoms with van der Waals surface area (Å²) in [7, 11) is 0. The Morgan fingerprint density at radius 2 is 1.64 bits per heavy atom. The van der Waals surface area contributed by atoms with Crippen LogP contribution < -0.4 is 0 Å². The average molecular weight is 205 g/mol. The number of carbonyl (C=O) groups is 1. The molecule has 84 valence electrons. The third kappa shape index (κ3) is 4.04. The van der Waals surface area contributed by atoms with Gasteiger partial charge in [-0.25, -0.2) is 0 Å². The van der Waals surface area contributed by atoms with Crippen LogP contribution in [0.5, 0.6) is 0 Å². The first-order valence-corrected chi connectivity index (χ1v) is 4.73. The van der Waals surface area contributed by atoms with Crippen molar-refractivity contribution >= 4 is 5.97 Å². The largest absolute Gasteiger partial charge is 0.481 e. The van der Waals surface area contributed by atoms with Crippen molar-refractivity contribution in [2.45, 2.75) is 19.9 Å². The molecule has 0 aromatic carbocycles. The van der Waals surface area contributed by atoms with Gasteiger partial charge in [-0.1, -0.05) is 6.92 Å². The summed E-state index contributed by atoms with van der Waals surface area (Å²) in [5.41, 5.74) is 0. The van der Waals surface area contributed by atoms with Gasteiger partial charge in [-0.15, -0.1) is 0 Å². The zero-order valence-electron chi connectivity index (χ0n) is 8.68. The smallest absolute Gasteiger partial charge is 0.307 e. The lowest BCUT2D eigenvalue weighted by atomic mass is 10.0. The first kappa shape index (κ1) is 13.4. The second kappa shape index (κ2) is 6.75. The molecular weight excluding hydrogens is 186 g/mol. The van der Waals surface area contributed by atoms with E-state index in [0.717, 1.165) is 0 Å². The van der Waals surface area contributed by atoms with Crippen molar-refractivity contribution in [3.8, 4) is 0 Å². The normalized spacial score (nSPS) is 15.5. The second-order valence-corrected chi connectivity index (χ2v) is 3.35.